The van der Waals surface area contributed by atoms with Crippen molar-refractivity contribution in [2.24, 2.45) is 0 Å². The van der Waals surface area contributed by atoms with Crippen molar-refractivity contribution in [2.45, 2.75) is 27.3 Å². The highest BCUT2D eigenvalue weighted by molar-refractivity contribution is 5.48. The van der Waals surface area contributed by atoms with E-state index in [-0.39, 0.29) is 0 Å². The van der Waals surface area contributed by atoms with Crippen LogP contribution in [0.3, 0.4) is 0 Å². The lowest BCUT2D eigenvalue weighted by molar-refractivity contribution is 0.324. The lowest BCUT2D eigenvalue weighted by atomic mass is 10.1. The van der Waals surface area contributed by atoms with Crippen molar-refractivity contribution in [2.75, 3.05) is 11.9 Å². The Balaban J connectivity index is 2.12. The number of rotatable bonds is 5. The van der Waals surface area contributed by atoms with Crippen LogP contribution >= 0.6 is 0 Å². The topological polar surface area (TPSA) is 47.0 Å². The number of nitrogens with one attached hydrogen (secondary N) is 1. The first kappa shape index (κ1) is 13.3. The van der Waals surface area contributed by atoms with E-state index in [1.54, 1.807) is 0 Å². The van der Waals surface area contributed by atoms with Crippen molar-refractivity contribution in [1.82, 2.24) is 9.97 Å². The fourth-order valence-electron chi connectivity index (χ4n) is 1.88. The molecule has 4 nitrogen and oxygen atoms in total. The fraction of sp³-hybridized carbons (Fsp3) is 0.333. The molecule has 0 aliphatic heterocycles. The third-order valence-corrected chi connectivity index (χ3v) is 3.03. The minimum Gasteiger partial charge on any atom is -0.478 e. The molecule has 19 heavy (non-hydrogen) atoms. The molecule has 1 heterocycles. The predicted molar refractivity (Wildman–Crippen MR) is 76.4 cm³/mol. The summed E-state index contributed by atoms with van der Waals surface area (Å²) in [6, 6.07) is 8.31. The highest BCUT2D eigenvalue weighted by Gasteiger charge is 2.07. The third-order valence-electron chi connectivity index (χ3n) is 3.03. The third kappa shape index (κ3) is 3.22. The molecule has 1 aromatic carbocycles. The zero-order valence-electron chi connectivity index (χ0n) is 11.6. The van der Waals surface area contributed by atoms with Crippen molar-refractivity contribution in [3.63, 3.8) is 0 Å². The maximum atomic E-state index is 5.46. The Morgan fingerprint density at radius 2 is 1.95 bits per heavy atom. The van der Waals surface area contributed by atoms with Crippen molar-refractivity contribution >= 4 is 5.82 Å². The maximum Gasteiger partial charge on any atom is 0.221 e. The normalized spacial score (nSPS) is 10.3. The molecule has 1 aromatic heterocycles. The second-order valence-electron chi connectivity index (χ2n) is 4.37. The Labute approximate surface area is 113 Å². The minimum atomic E-state index is 0.606. The molecule has 2 aromatic rings. The summed E-state index contributed by atoms with van der Waals surface area (Å²) in [7, 11) is 0. The number of nitrogens with zero attached hydrogens (tertiary/aromatic N) is 2. The van der Waals surface area contributed by atoms with Crippen LogP contribution in [0.5, 0.6) is 5.88 Å². The molecule has 2 rings (SSSR count). The van der Waals surface area contributed by atoms with Crippen molar-refractivity contribution < 1.29 is 4.74 Å². The molecule has 0 spiro atoms. The van der Waals surface area contributed by atoms with Gasteiger partial charge < -0.3 is 10.1 Å². The van der Waals surface area contributed by atoms with E-state index in [0.717, 1.165) is 17.9 Å². The Bertz CT molecular complexity index is 555. The standard InChI is InChI=1S/C15H19N3O/c1-4-19-15-12(3)14(17-10-18-15)16-9-13-8-6-5-7-11(13)2/h5-8,10H,4,9H2,1-3H3,(H,16,17,18). The molecular formula is C15H19N3O. The van der Waals surface area contributed by atoms with Crippen LogP contribution in [0.15, 0.2) is 30.6 Å². The first-order chi connectivity index (χ1) is 9.22. The van der Waals surface area contributed by atoms with Crippen LogP contribution in [0.2, 0.25) is 0 Å². The number of hydrogen-bond donors (Lipinski definition) is 1. The van der Waals surface area contributed by atoms with Gasteiger partial charge in [0.2, 0.25) is 5.88 Å². The number of benzene rings is 1. The summed E-state index contributed by atoms with van der Waals surface area (Å²) in [5.74, 6) is 1.46. The number of anilines is 1. The molecule has 4 heteroatoms. The molecule has 0 saturated carbocycles. The summed E-state index contributed by atoms with van der Waals surface area (Å²) in [6.45, 7) is 7.37. The summed E-state index contributed by atoms with van der Waals surface area (Å²) in [5, 5.41) is 3.34. The van der Waals surface area contributed by atoms with Gasteiger partial charge in [-0.15, -0.1) is 0 Å². The monoisotopic (exact) mass is 257 g/mol. The fourth-order valence-corrected chi connectivity index (χ4v) is 1.88. The summed E-state index contributed by atoms with van der Waals surface area (Å²) >= 11 is 0. The number of aryl methyl sites for hydroxylation is 1. The Morgan fingerprint density at radius 3 is 2.68 bits per heavy atom. The van der Waals surface area contributed by atoms with Gasteiger partial charge in [-0.25, -0.2) is 9.97 Å². The molecule has 0 bridgehead atoms. The van der Waals surface area contributed by atoms with Gasteiger partial charge in [-0.1, -0.05) is 24.3 Å². The van der Waals surface area contributed by atoms with Gasteiger partial charge in [-0.3, -0.25) is 0 Å². The minimum absolute atomic E-state index is 0.606. The molecule has 0 fully saturated rings. The van der Waals surface area contributed by atoms with E-state index in [0.29, 0.717) is 12.5 Å². The summed E-state index contributed by atoms with van der Waals surface area (Å²) in [4.78, 5) is 8.39. The Morgan fingerprint density at radius 1 is 1.16 bits per heavy atom. The van der Waals surface area contributed by atoms with Gasteiger partial charge in [0.15, 0.2) is 0 Å². The average molecular weight is 257 g/mol. The SMILES string of the molecule is CCOc1ncnc(NCc2ccccc2C)c1C. The van der Waals surface area contributed by atoms with Crippen LogP contribution in [0, 0.1) is 13.8 Å². The van der Waals surface area contributed by atoms with Crippen LogP contribution < -0.4 is 10.1 Å². The zero-order chi connectivity index (χ0) is 13.7. The van der Waals surface area contributed by atoms with Crippen LogP contribution in [-0.4, -0.2) is 16.6 Å². The van der Waals surface area contributed by atoms with Crippen molar-refractivity contribution in [1.29, 1.82) is 0 Å². The molecular weight excluding hydrogens is 238 g/mol. The number of aromatic nitrogens is 2. The van der Waals surface area contributed by atoms with Gasteiger partial charge in [0.25, 0.3) is 0 Å². The van der Waals surface area contributed by atoms with E-state index in [1.807, 2.05) is 26.0 Å². The number of ether oxygens (including phenoxy) is 1. The van der Waals surface area contributed by atoms with Crippen LogP contribution in [0.4, 0.5) is 5.82 Å². The molecule has 100 valence electrons. The van der Waals surface area contributed by atoms with Crippen LogP contribution in [0.1, 0.15) is 23.6 Å². The largest absolute Gasteiger partial charge is 0.478 e. The smallest absolute Gasteiger partial charge is 0.221 e. The Kier molecular flexibility index (Phi) is 4.34. The second-order valence-corrected chi connectivity index (χ2v) is 4.37. The van der Waals surface area contributed by atoms with Gasteiger partial charge >= 0.3 is 0 Å². The van der Waals surface area contributed by atoms with E-state index < -0.39 is 0 Å². The lowest BCUT2D eigenvalue weighted by Crippen LogP contribution is -2.07. The molecule has 0 aliphatic carbocycles. The predicted octanol–water partition coefficient (Wildman–Crippen LogP) is 3.10. The van der Waals surface area contributed by atoms with Crippen molar-refractivity contribution in [3.8, 4) is 5.88 Å². The van der Waals surface area contributed by atoms with Crippen LogP contribution in [-0.2, 0) is 6.54 Å². The van der Waals surface area contributed by atoms with Crippen LogP contribution in [0.25, 0.3) is 0 Å². The van der Waals surface area contributed by atoms with Crippen molar-refractivity contribution in [3.05, 3.63) is 47.3 Å². The van der Waals surface area contributed by atoms with Gasteiger partial charge in [0.05, 0.1) is 12.2 Å². The van der Waals surface area contributed by atoms with E-state index in [9.17, 15) is 0 Å². The lowest BCUT2D eigenvalue weighted by Gasteiger charge is -2.12. The van der Waals surface area contributed by atoms with E-state index in [1.165, 1.54) is 17.5 Å². The van der Waals surface area contributed by atoms with E-state index in [4.69, 9.17) is 4.74 Å². The molecule has 0 saturated heterocycles. The molecule has 0 aliphatic rings. The summed E-state index contributed by atoms with van der Waals surface area (Å²) in [5.41, 5.74) is 3.48. The number of hydrogen-bond acceptors (Lipinski definition) is 4. The quantitative estimate of drug-likeness (QED) is 0.894. The van der Waals surface area contributed by atoms with Gasteiger partial charge in [0, 0.05) is 6.54 Å². The maximum absolute atomic E-state index is 5.46. The molecule has 0 radical (unpaired) electrons. The summed E-state index contributed by atoms with van der Waals surface area (Å²) < 4.78 is 5.46. The zero-order valence-corrected chi connectivity index (χ0v) is 11.6. The molecule has 0 unspecified atom stereocenters. The van der Waals surface area contributed by atoms with Gasteiger partial charge in [-0.05, 0) is 31.9 Å². The highest BCUT2D eigenvalue weighted by atomic mass is 16.5. The van der Waals surface area contributed by atoms with E-state index in [2.05, 4.69) is 34.3 Å². The van der Waals surface area contributed by atoms with Gasteiger partial charge in [-0.2, -0.15) is 0 Å². The first-order valence-electron chi connectivity index (χ1n) is 6.45. The van der Waals surface area contributed by atoms with Gasteiger partial charge in [0.1, 0.15) is 12.1 Å². The second kappa shape index (κ2) is 6.18. The van der Waals surface area contributed by atoms with E-state index >= 15 is 0 Å². The molecule has 0 atom stereocenters. The highest BCUT2D eigenvalue weighted by Crippen LogP contribution is 2.21. The summed E-state index contributed by atoms with van der Waals surface area (Å²) in [6.07, 6.45) is 1.53. The average Bonchev–Trinajstić information content (AvgIpc) is 2.42. The molecule has 0 amide bonds. The Hall–Kier alpha value is -2.10. The molecule has 1 N–H and O–H groups in total. The first-order valence-corrected chi connectivity index (χ1v) is 6.45.